The monoisotopic (exact) mass is 324 g/mol. The van der Waals surface area contributed by atoms with Crippen LogP contribution in [0.4, 0.5) is 6.01 Å². The van der Waals surface area contributed by atoms with Crippen LogP contribution in [0.25, 0.3) is 11.1 Å². The fraction of sp³-hybridized carbons (Fsp3) is 0.389. The Kier molecular flexibility index (Phi) is 3.80. The lowest BCUT2D eigenvalue weighted by molar-refractivity contribution is 0.300. The van der Waals surface area contributed by atoms with E-state index in [1.807, 2.05) is 31.2 Å². The Labute approximate surface area is 139 Å². The Balaban J connectivity index is 1.42. The number of oxazole rings is 1. The zero-order valence-electron chi connectivity index (χ0n) is 13.6. The minimum Gasteiger partial charge on any atom is -0.424 e. The number of hydrogen-bond donors (Lipinski definition) is 1. The van der Waals surface area contributed by atoms with E-state index in [0.717, 1.165) is 42.5 Å². The quantitative estimate of drug-likeness (QED) is 0.800. The van der Waals surface area contributed by atoms with Gasteiger partial charge < -0.3 is 9.73 Å². The summed E-state index contributed by atoms with van der Waals surface area (Å²) in [7, 11) is 0. The Hall–Kier alpha value is -2.63. The molecule has 1 saturated carbocycles. The van der Waals surface area contributed by atoms with Crippen molar-refractivity contribution in [2.75, 3.05) is 5.32 Å². The number of aryl methyl sites for hydroxylation is 1. The van der Waals surface area contributed by atoms with Gasteiger partial charge in [0.15, 0.2) is 5.58 Å². The number of fused-ring (bicyclic) bond motifs is 1. The highest BCUT2D eigenvalue weighted by Crippen LogP contribution is 2.29. The largest absolute Gasteiger partial charge is 0.424 e. The van der Waals surface area contributed by atoms with Gasteiger partial charge in [-0.15, -0.1) is 0 Å². The number of rotatable bonds is 3. The smallest absolute Gasteiger partial charge is 0.295 e. The van der Waals surface area contributed by atoms with Crippen LogP contribution < -0.4 is 10.9 Å². The molecular weight excluding hydrogens is 304 g/mol. The number of aromatic nitrogens is 3. The summed E-state index contributed by atoms with van der Waals surface area (Å²) in [6, 6.07) is 12.2. The molecule has 124 valence electrons. The summed E-state index contributed by atoms with van der Waals surface area (Å²) >= 11 is 0. The molecule has 3 aromatic rings. The number of anilines is 1. The molecule has 0 atom stereocenters. The van der Waals surface area contributed by atoms with Crippen molar-refractivity contribution in [2.45, 2.75) is 44.7 Å². The van der Waals surface area contributed by atoms with E-state index in [1.54, 1.807) is 16.8 Å². The molecule has 0 amide bonds. The van der Waals surface area contributed by atoms with Crippen LogP contribution in [0.2, 0.25) is 0 Å². The van der Waals surface area contributed by atoms with Gasteiger partial charge in [-0.25, -0.2) is 4.68 Å². The molecule has 0 saturated heterocycles. The predicted octanol–water partition coefficient (Wildman–Crippen LogP) is 3.29. The lowest BCUT2D eigenvalue weighted by Crippen LogP contribution is -2.33. The standard InChI is InChI=1S/C18H20N4O2/c1-12-6-11-17(23)22(21-12)14-9-7-13(8-10-14)19-18-20-15-4-2-3-5-16(15)24-18/h2-6,11,13-14H,7-10H2,1H3,(H,19,20). The van der Waals surface area contributed by atoms with Gasteiger partial charge in [-0.2, -0.15) is 10.1 Å². The molecule has 2 aromatic heterocycles. The van der Waals surface area contributed by atoms with E-state index < -0.39 is 0 Å². The molecule has 6 heteroatoms. The third-order valence-corrected chi connectivity index (χ3v) is 4.62. The van der Waals surface area contributed by atoms with E-state index >= 15 is 0 Å². The maximum atomic E-state index is 12.0. The summed E-state index contributed by atoms with van der Waals surface area (Å²) < 4.78 is 7.37. The molecule has 2 heterocycles. The van der Waals surface area contributed by atoms with Crippen molar-refractivity contribution < 1.29 is 4.42 Å². The average molecular weight is 324 g/mol. The molecule has 1 aliphatic carbocycles. The van der Waals surface area contributed by atoms with Gasteiger partial charge >= 0.3 is 0 Å². The van der Waals surface area contributed by atoms with E-state index in [0.29, 0.717) is 12.1 Å². The zero-order valence-corrected chi connectivity index (χ0v) is 13.6. The van der Waals surface area contributed by atoms with Crippen molar-refractivity contribution in [3.05, 3.63) is 52.4 Å². The number of nitrogens with one attached hydrogen (secondary N) is 1. The highest BCUT2D eigenvalue weighted by atomic mass is 16.4. The van der Waals surface area contributed by atoms with E-state index in [4.69, 9.17) is 4.42 Å². The van der Waals surface area contributed by atoms with E-state index in [2.05, 4.69) is 15.4 Å². The fourth-order valence-corrected chi connectivity index (χ4v) is 3.36. The molecule has 0 bridgehead atoms. The fourth-order valence-electron chi connectivity index (χ4n) is 3.36. The second-order valence-electron chi connectivity index (χ2n) is 6.39. The van der Waals surface area contributed by atoms with Crippen molar-refractivity contribution in [3.8, 4) is 0 Å². The van der Waals surface area contributed by atoms with Crippen molar-refractivity contribution in [1.29, 1.82) is 0 Å². The van der Waals surface area contributed by atoms with Crippen molar-refractivity contribution >= 4 is 17.1 Å². The Bertz CT molecular complexity index is 874. The van der Waals surface area contributed by atoms with Crippen molar-refractivity contribution in [3.63, 3.8) is 0 Å². The molecular formula is C18H20N4O2. The van der Waals surface area contributed by atoms with Crippen LogP contribution in [0, 0.1) is 6.92 Å². The molecule has 1 N–H and O–H groups in total. The lowest BCUT2D eigenvalue weighted by Gasteiger charge is -2.29. The molecule has 0 radical (unpaired) electrons. The molecule has 1 aliphatic rings. The van der Waals surface area contributed by atoms with Crippen LogP contribution in [0.1, 0.15) is 37.4 Å². The SMILES string of the molecule is Cc1ccc(=O)n(C2CCC(Nc3nc4ccccc4o3)CC2)n1. The van der Waals surface area contributed by atoms with E-state index in [9.17, 15) is 4.79 Å². The summed E-state index contributed by atoms with van der Waals surface area (Å²) in [5.41, 5.74) is 2.52. The second kappa shape index (κ2) is 6.11. The maximum Gasteiger partial charge on any atom is 0.295 e. The molecule has 0 spiro atoms. The average Bonchev–Trinajstić information content (AvgIpc) is 3.00. The predicted molar refractivity (Wildman–Crippen MR) is 92.2 cm³/mol. The number of para-hydroxylation sites is 2. The first-order valence-corrected chi connectivity index (χ1v) is 8.37. The van der Waals surface area contributed by atoms with Gasteiger partial charge in [0.1, 0.15) is 5.52 Å². The summed E-state index contributed by atoms with van der Waals surface area (Å²) in [6.07, 6.45) is 3.78. The van der Waals surface area contributed by atoms with E-state index in [-0.39, 0.29) is 11.6 Å². The van der Waals surface area contributed by atoms with Crippen LogP contribution in [-0.4, -0.2) is 20.8 Å². The molecule has 24 heavy (non-hydrogen) atoms. The van der Waals surface area contributed by atoms with Crippen LogP contribution in [-0.2, 0) is 0 Å². The minimum absolute atomic E-state index is 0.0176. The van der Waals surface area contributed by atoms with E-state index in [1.165, 1.54) is 0 Å². The van der Waals surface area contributed by atoms with Gasteiger partial charge in [-0.3, -0.25) is 4.79 Å². The Morgan fingerprint density at radius 1 is 1.12 bits per heavy atom. The van der Waals surface area contributed by atoms with Crippen molar-refractivity contribution in [2.24, 2.45) is 0 Å². The van der Waals surface area contributed by atoms with Crippen molar-refractivity contribution in [1.82, 2.24) is 14.8 Å². The van der Waals surface area contributed by atoms with Crippen LogP contribution in [0.15, 0.2) is 45.6 Å². The van der Waals surface area contributed by atoms with Gasteiger partial charge in [-0.1, -0.05) is 12.1 Å². The van der Waals surface area contributed by atoms with Gasteiger partial charge in [-0.05, 0) is 50.8 Å². The third-order valence-electron chi connectivity index (χ3n) is 4.62. The molecule has 1 fully saturated rings. The van der Waals surface area contributed by atoms with Gasteiger partial charge in [0, 0.05) is 12.1 Å². The highest BCUT2D eigenvalue weighted by molar-refractivity contribution is 5.74. The normalized spacial score (nSPS) is 21.0. The van der Waals surface area contributed by atoms with Crippen LogP contribution in [0.5, 0.6) is 0 Å². The van der Waals surface area contributed by atoms with Gasteiger partial charge in [0.2, 0.25) is 0 Å². The summed E-state index contributed by atoms with van der Waals surface area (Å²) in [5.74, 6) is 0. The number of benzene rings is 1. The minimum atomic E-state index is -0.0176. The molecule has 0 aliphatic heterocycles. The Morgan fingerprint density at radius 2 is 1.92 bits per heavy atom. The number of hydrogen-bond acceptors (Lipinski definition) is 5. The maximum absolute atomic E-state index is 12.0. The van der Waals surface area contributed by atoms with Gasteiger partial charge in [0.25, 0.3) is 11.6 Å². The number of nitrogens with zero attached hydrogens (tertiary/aromatic N) is 3. The highest BCUT2D eigenvalue weighted by Gasteiger charge is 2.24. The summed E-state index contributed by atoms with van der Waals surface area (Å²) in [6.45, 7) is 1.91. The molecule has 6 nitrogen and oxygen atoms in total. The molecule has 4 rings (SSSR count). The zero-order chi connectivity index (χ0) is 16.5. The topological polar surface area (TPSA) is 73.0 Å². The first-order chi connectivity index (χ1) is 11.7. The summed E-state index contributed by atoms with van der Waals surface area (Å²) in [4.78, 5) is 16.5. The summed E-state index contributed by atoms with van der Waals surface area (Å²) in [5, 5.41) is 7.77. The van der Waals surface area contributed by atoms with Crippen LogP contribution in [0.3, 0.4) is 0 Å². The van der Waals surface area contributed by atoms with Crippen LogP contribution >= 0.6 is 0 Å². The first-order valence-electron chi connectivity index (χ1n) is 8.37. The third kappa shape index (κ3) is 2.91. The first kappa shape index (κ1) is 14.9. The second-order valence-corrected chi connectivity index (χ2v) is 6.39. The molecule has 1 aromatic carbocycles. The lowest BCUT2D eigenvalue weighted by atomic mass is 9.91. The molecule has 0 unspecified atom stereocenters. The van der Waals surface area contributed by atoms with Gasteiger partial charge in [0.05, 0.1) is 11.7 Å². The Morgan fingerprint density at radius 3 is 2.71 bits per heavy atom.